The summed E-state index contributed by atoms with van der Waals surface area (Å²) in [6, 6.07) is -0.0834. The molecule has 2 amide bonds. The van der Waals surface area contributed by atoms with Gasteiger partial charge in [0, 0.05) is 6.42 Å². The Bertz CT molecular complexity index is 225. The number of cyclic esters (lactones) is 1. The first-order chi connectivity index (χ1) is 6.07. The molecule has 4 heteroatoms. The molecule has 0 saturated carbocycles. The molecule has 1 heterocycles. The van der Waals surface area contributed by atoms with Crippen LogP contribution in [0.4, 0.5) is 4.79 Å². The highest BCUT2D eigenvalue weighted by Gasteiger charge is 2.38. The molecule has 0 unspecified atom stereocenters. The van der Waals surface area contributed by atoms with E-state index in [-0.39, 0.29) is 25.3 Å². The summed E-state index contributed by atoms with van der Waals surface area (Å²) < 4.78 is 4.83. The van der Waals surface area contributed by atoms with Crippen molar-refractivity contribution in [3.05, 3.63) is 0 Å². The minimum atomic E-state index is -0.495. The molecule has 14 heavy (non-hydrogen) atoms. The molecule has 0 aromatic carbocycles. The van der Waals surface area contributed by atoms with Crippen molar-refractivity contribution >= 4 is 12.0 Å². The van der Waals surface area contributed by atoms with Crippen molar-refractivity contribution in [2.75, 3.05) is 6.61 Å². The lowest BCUT2D eigenvalue weighted by Crippen LogP contribution is -2.41. The quantitative estimate of drug-likeness (QED) is 0.686. The standard InChI is InChI=1S/C9H15NO3.CH4/c1-4-8(11)10-7(6(2)3)5-13-9(10)12;/h6-7H,4-5H2,1-3H3;1H4/t7-;/m1./s1. The number of nitrogens with zero attached hydrogens (tertiary/aromatic N) is 1. The predicted molar refractivity (Wildman–Crippen MR) is 53.8 cm³/mol. The fourth-order valence-corrected chi connectivity index (χ4v) is 1.38. The zero-order valence-corrected chi connectivity index (χ0v) is 8.24. The van der Waals surface area contributed by atoms with Gasteiger partial charge in [0.2, 0.25) is 5.91 Å². The van der Waals surface area contributed by atoms with Crippen LogP contribution in [0.25, 0.3) is 0 Å². The summed E-state index contributed by atoms with van der Waals surface area (Å²) in [5.74, 6) is 0.100. The Morgan fingerprint density at radius 1 is 1.64 bits per heavy atom. The maximum Gasteiger partial charge on any atom is 0.416 e. The van der Waals surface area contributed by atoms with Crippen LogP contribution in [0.15, 0.2) is 0 Å². The van der Waals surface area contributed by atoms with Crippen LogP contribution in [0.2, 0.25) is 0 Å². The molecule has 1 aliphatic heterocycles. The SMILES string of the molecule is C.CCC(=O)N1C(=O)OC[C@@H]1C(C)C. The first-order valence-corrected chi connectivity index (χ1v) is 4.56. The number of amides is 2. The Hall–Kier alpha value is -1.06. The van der Waals surface area contributed by atoms with E-state index < -0.39 is 6.09 Å². The first kappa shape index (κ1) is 12.9. The Balaban J connectivity index is 0.00000169. The number of carbonyl (C=O) groups excluding carboxylic acids is 2. The molecule has 1 fully saturated rings. The van der Waals surface area contributed by atoms with E-state index in [2.05, 4.69) is 0 Å². The molecule has 1 rings (SSSR count). The summed E-state index contributed by atoms with van der Waals surface area (Å²) in [4.78, 5) is 23.8. The number of carbonyl (C=O) groups is 2. The average Bonchev–Trinajstić information content (AvgIpc) is 2.46. The molecular weight excluding hydrogens is 182 g/mol. The van der Waals surface area contributed by atoms with Gasteiger partial charge >= 0.3 is 6.09 Å². The fourth-order valence-electron chi connectivity index (χ4n) is 1.38. The zero-order chi connectivity index (χ0) is 10.0. The molecule has 0 radical (unpaired) electrons. The fraction of sp³-hybridized carbons (Fsp3) is 0.800. The number of rotatable bonds is 2. The molecule has 0 aromatic rings. The van der Waals surface area contributed by atoms with Crippen molar-refractivity contribution in [2.24, 2.45) is 5.92 Å². The number of hydrogen-bond acceptors (Lipinski definition) is 3. The molecular formula is C10H19NO3. The maximum atomic E-state index is 11.4. The molecule has 4 nitrogen and oxygen atoms in total. The van der Waals surface area contributed by atoms with Gasteiger partial charge in [0.25, 0.3) is 0 Å². The van der Waals surface area contributed by atoms with Crippen molar-refractivity contribution in [1.82, 2.24) is 4.90 Å². The van der Waals surface area contributed by atoms with Crippen LogP contribution in [0, 0.1) is 5.92 Å². The Morgan fingerprint density at radius 2 is 2.21 bits per heavy atom. The molecule has 0 aliphatic carbocycles. The van der Waals surface area contributed by atoms with Crippen LogP contribution >= 0.6 is 0 Å². The van der Waals surface area contributed by atoms with Crippen LogP contribution in [0.3, 0.4) is 0 Å². The summed E-state index contributed by atoms with van der Waals surface area (Å²) in [6.45, 7) is 6.03. The molecule has 0 aromatic heterocycles. The monoisotopic (exact) mass is 201 g/mol. The summed E-state index contributed by atoms with van der Waals surface area (Å²) in [6.07, 6.45) is -0.149. The largest absolute Gasteiger partial charge is 0.447 e. The van der Waals surface area contributed by atoms with Crippen LogP contribution in [-0.4, -0.2) is 29.5 Å². The molecule has 82 valence electrons. The van der Waals surface area contributed by atoms with Gasteiger partial charge in [-0.3, -0.25) is 4.79 Å². The highest BCUT2D eigenvalue weighted by Crippen LogP contribution is 2.20. The van der Waals surface area contributed by atoms with Crippen molar-refractivity contribution in [3.8, 4) is 0 Å². The Labute approximate surface area is 85.2 Å². The minimum Gasteiger partial charge on any atom is -0.447 e. The van der Waals surface area contributed by atoms with Gasteiger partial charge in [0.05, 0.1) is 6.04 Å². The second kappa shape index (κ2) is 4.98. The topological polar surface area (TPSA) is 46.6 Å². The van der Waals surface area contributed by atoms with Gasteiger partial charge in [0.1, 0.15) is 6.61 Å². The Kier molecular flexibility index (Phi) is 4.60. The lowest BCUT2D eigenvalue weighted by Gasteiger charge is -2.21. The second-order valence-electron chi connectivity index (χ2n) is 3.51. The first-order valence-electron chi connectivity index (χ1n) is 4.56. The lowest BCUT2D eigenvalue weighted by molar-refractivity contribution is -0.129. The molecule has 0 spiro atoms. The van der Waals surface area contributed by atoms with Gasteiger partial charge in [-0.25, -0.2) is 9.69 Å². The van der Waals surface area contributed by atoms with Gasteiger partial charge in [-0.05, 0) is 5.92 Å². The normalized spacial score (nSPS) is 20.7. The highest BCUT2D eigenvalue weighted by molar-refractivity contribution is 5.93. The van der Waals surface area contributed by atoms with Crippen LogP contribution in [-0.2, 0) is 9.53 Å². The van der Waals surface area contributed by atoms with E-state index >= 15 is 0 Å². The van der Waals surface area contributed by atoms with E-state index in [0.29, 0.717) is 13.0 Å². The number of ether oxygens (including phenoxy) is 1. The van der Waals surface area contributed by atoms with E-state index in [1.807, 2.05) is 13.8 Å². The van der Waals surface area contributed by atoms with E-state index in [1.165, 1.54) is 4.90 Å². The van der Waals surface area contributed by atoms with Gasteiger partial charge < -0.3 is 4.74 Å². The van der Waals surface area contributed by atoms with E-state index in [1.54, 1.807) is 6.92 Å². The molecule has 1 saturated heterocycles. The van der Waals surface area contributed by atoms with E-state index in [0.717, 1.165) is 0 Å². The van der Waals surface area contributed by atoms with E-state index in [4.69, 9.17) is 4.74 Å². The third-order valence-electron chi connectivity index (χ3n) is 2.25. The summed E-state index contributed by atoms with van der Waals surface area (Å²) in [5.41, 5.74) is 0. The average molecular weight is 201 g/mol. The lowest BCUT2D eigenvalue weighted by atomic mass is 10.0. The van der Waals surface area contributed by atoms with Crippen LogP contribution < -0.4 is 0 Å². The predicted octanol–water partition coefficient (Wildman–Crippen LogP) is 2.04. The van der Waals surface area contributed by atoms with Crippen molar-refractivity contribution < 1.29 is 14.3 Å². The van der Waals surface area contributed by atoms with Gasteiger partial charge in [-0.2, -0.15) is 0 Å². The second-order valence-corrected chi connectivity index (χ2v) is 3.51. The van der Waals surface area contributed by atoms with Gasteiger partial charge in [-0.15, -0.1) is 0 Å². The smallest absolute Gasteiger partial charge is 0.416 e. The molecule has 0 bridgehead atoms. The summed E-state index contributed by atoms with van der Waals surface area (Å²) in [5, 5.41) is 0. The van der Waals surface area contributed by atoms with E-state index in [9.17, 15) is 9.59 Å². The van der Waals surface area contributed by atoms with Gasteiger partial charge in [0.15, 0.2) is 0 Å². The third kappa shape index (κ3) is 2.25. The minimum absolute atomic E-state index is 0. The van der Waals surface area contributed by atoms with Crippen molar-refractivity contribution in [1.29, 1.82) is 0 Å². The maximum absolute atomic E-state index is 11.4. The highest BCUT2D eigenvalue weighted by atomic mass is 16.6. The number of hydrogen-bond donors (Lipinski definition) is 0. The molecule has 1 aliphatic rings. The van der Waals surface area contributed by atoms with Crippen LogP contribution in [0.5, 0.6) is 0 Å². The third-order valence-corrected chi connectivity index (χ3v) is 2.25. The summed E-state index contributed by atoms with van der Waals surface area (Å²) in [7, 11) is 0. The molecule has 1 atom stereocenters. The van der Waals surface area contributed by atoms with Crippen LogP contribution in [0.1, 0.15) is 34.6 Å². The van der Waals surface area contributed by atoms with Crippen molar-refractivity contribution in [3.63, 3.8) is 0 Å². The molecule has 0 N–H and O–H groups in total. The number of imide groups is 1. The summed E-state index contributed by atoms with van der Waals surface area (Å²) >= 11 is 0. The van der Waals surface area contributed by atoms with Crippen molar-refractivity contribution in [2.45, 2.75) is 40.7 Å². The Morgan fingerprint density at radius 3 is 2.64 bits per heavy atom. The van der Waals surface area contributed by atoms with Gasteiger partial charge in [-0.1, -0.05) is 28.2 Å². The zero-order valence-electron chi connectivity index (χ0n) is 8.24.